The molecule has 0 radical (unpaired) electrons. The van der Waals surface area contributed by atoms with Crippen LogP contribution in [0, 0.1) is 0 Å². The Morgan fingerprint density at radius 2 is 2.16 bits per heavy atom. The predicted molar refractivity (Wildman–Crippen MR) is 121 cm³/mol. The van der Waals surface area contributed by atoms with Gasteiger partial charge in [-0.05, 0) is 43.5 Å². The zero-order valence-electron chi connectivity index (χ0n) is 17.2. The number of likely N-dealkylation sites (tertiary alicyclic amines) is 1. The van der Waals surface area contributed by atoms with Gasteiger partial charge in [0.1, 0.15) is 0 Å². The maximum atomic E-state index is 12.8. The van der Waals surface area contributed by atoms with E-state index in [9.17, 15) is 13.2 Å². The van der Waals surface area contributed by atoms with Crippen LogP contribution < -0.4 is 4.72 Å². The highest BCUT2D eigenvalue weighted by atomic mass is 35.5. The lowest BCUT2D eigenvalue weighted by Crippen LogP contribution is -2.37. The number of sulfonamides is 1. The summed E-state index contributed by atoms with van der Waals surface area (Å²) >= 11 is 7.46. The van der Waals surface area contributed by atoms with Crippen LogP contribution in [0.25, 0.3) is 0 Å². The highest BCUT2D eigenvalue weighted by molar-refractivity contribution is 7.89. The molecule has 1 fully saturated rings. The Labute approximate surface area is 192 Å². The van der Waals surface area contributed by atoms with Crippen LogP contribution in [0.1, 0.15) is 30.6 Å². The summed E-state index contributed by atoms with van der Waals surface area (Å²) in [5, 5.41) is 0.493. The molecule has 0 amide bonds. The molecule has 10 heteroatoms. The average molecular weight is 484 g/mol. The van der Waals surface area contributed by atoms with Crippen molar-refractivity contribution < 1.29 is 17.9 Å². The molecule has 0 saturated carbocycles. The summed E-state index contributed by atoms with van der Waals surface area (Å²) in [6.07, 6.45) is 8.54. The van der Waals surface area contributed by atoms with Crippen LogP contribution in [0.3, 0.4) is 0 Å². The van der Waals surface area contributed by atoms with Crippen molar-refractivity contribution in [2.45, 2.75) is 49.2 Å². The molecule has 2 heterocycles. The Morgan fingerprint density at radius 3 is 2.84 bits per heavy atom. The Bertz CT molecular complexity index is 979. The smallest absolute Gasteiger partial charge is 0.305 e. The molecule has 2 aromatic rings. The number of hydrogen-bond acceptors (Lipinski definition) is 7. The molecule has 0 unspecified atom stereocenters. The van der Waals surface area contributed by atoms with E-state index in [1.165, 1.54) is 19.2 Å². The number of allylic oxidation sites excluding steroid dienone is 1. The van der Waals surface area contributed by atoms with Crippen molar-refractivity contribution in [1.82, 2.24) is 14.6 Å². The van der Waals surface area contributed by atoms with Crippen molar-refractivity contribution in [2.75, 3.05) is 13.7 Å². The number of rotatable bonds is 10. The number of benzene rings is 1. The van der Waals surface area contributed by atoms with Crippen LogP contribution in [0.4, 0.5) is 0 Å². The third kappa shape index (κ3) is 7.11. The van der Waals surface area contributed by atoms with Crippen molar-refractivity contribution in [2.24, 2.45) is 0 Å². The van der Waals surface area contributed by atoms with Gasteiger partial charge in [0.25, 0.3) is 0 Å². The van der Waals surface area contributed by atoms with Crippen molar-refractivity contribution >= 4 is 38.9 Å². The van der Waals surface area contributed by atoms with E-state index in [0.717, 1.165) is 17.7 Å². The van der Waals surface area contributed by atoms with Crippen LogP contribution in [0.15, 0.2) is 53.0 Å². The molecule has 2 atom stereocenters. The number of nitrogens with one attached hydrogen (secondary N) is 1. The molecule has 31 heavy (non-hydrogen) atoms. The largest absolute Gasteiger partial charge is 0.469 e. The number of ether oxygens (including phenoxy) is 1. The molecule has 0 spiro atoms. The Morgan fingerprint density at radius 1 is 1.39 bits per heavy atom. The zero-order chi connectivity index (χ0) is 22.3. The van der Waals surface area contributed by atoms with E-state index >= 15 is 0 Å². The topological polar surface area (TPSA) is 88.6 Å². The summed E-state index contributed by atoms with van der Waals surface area (Å²) in [4.78, 5) is 19.0. The van der Waals surface area contributed by atoms with Gasteiger partial charge >= 0.3 is 5.97 Å². The van der Waals surface area contributed by atoms with E-state index in [4.69, 9.17) is 11.6 Å². The molecule has 7 nitrogen and oxygen atoms in total. The molecule has 1 aromatic carbocycles. The number of carbonyl (C=O) groups excluding carboxylic acids is 1. The maximum absolute atomic E-state index is 12.8. The second-order valence-corrected chi connectivity index (χ2v) is 10.5. The van der Waals surface area contributed by atoms with Crippen LogP contribution in [-0.4, -0.2) is 50.0 Å². The minimum atomic E-state index is -3.63. The van der Waals surface area contributed by atoms with Gasteiger partial charge in [0.05, 0.1) is 17.5 Å². The van der Waals surface area contributed by atoms with E-state index in [-0.39, 0.29) is 22.9 Å². The first-order valence-corrected chi connectivity index (χ1v) is 12.7. The lowest BCUT2D eigenvalue weighted by Gasteiger charge is -2.20. The fourth-order valence-electron chi connectivity index (χ4n) is 3.54. The number of nitrogens with zero attached hydrogens (tertiary/aromatic N) is 2. The van der Waals surface area contributed by atoms with Gasteiger partial charge in [0, 0.05) is 47.7 Å². The van der Waals surface area contributed by atoms with Crippen molar-refractivity contribution in [1.29, 1.82) is 0 Å². The van der Waals surface area contributed by atoms with Crippen LogP contribution in [0.2, 0.25) is 5.02 Å². The zero-order valence-corrected chi connectivity index (χ0v) is 19.6. The monoisotopic (exact) mass is 483 g/mol. The van der Waals surface area contributed by atoms with Crippen molar-refractivity contribution in [3.63, 3.8) is 0 Å². The predicted octanol–water partition coefficient (Wildman–Crippen LogP) is 3.62. The molecule has 1 aliphatic heterocycles. The molecule has 1 aliphatic rings. The normalized spacial score (nSPS) is 19.8. The second-order valence-electron chi connectivity index (χ2n) is 7.37. The number of esters is 1. The molecule has 168 valence electrons. The van der Waals surface area contributed by atoms with Gasteiger partial charge in [-0.15, -0.1) is 11.3 Å². The summed E-state index contributed by atoms with van der Waals surface area (Å²) in [7, 11) is -2.24. The Hall–Kier alpha value is -1.78. The summed E-state index contributed by atoms with van der Waals surface area (Å²) in [6, 6.07) is 6.04. The molecular formula is C21H26ClN3O4S2. The summed E-state index contributed by atoms with van der Waals surface area (Å²) < 4.78 is 33.1. The Balaban J connectivity index is 1.64. The molecular weight excluding hydrogens is 458 g/mol. The van der Waals surface area contributed by atoms with Gasteiger partial charge in [-0.25, -0.2) is 13.1 Å². The van der Waals surface area contributed by atoms with Crippen LogP contribution in [0.5, 0.6) is 0 Å². The minimum Gasteiger partial charge on any atom is -0.469 e. The quantitative estimate of drug-likeness (QED) is 0.315. The number of methoxy groups -OCH3 is 1. The number of hydrogen-bond donors (Lipinski definition) is 1. The molecule has 1 aromatic heterocycles. The third-order valence-electron chi connectivity index (χ3n) is 5.08. The van der Waals surface area contributed by atoms with Gasteiger partial charge in [-0.1, -0.05) is 23.8 Å². The summed E-state index contributed by atoms with van der Waals surface area (Å²) in [5.41, 5.74) is 1.80. The minimum absolute atomic E-state index is 0.0955. The number of aromatic nitrogens is 1. The highest BCUT2D eigenvalue weighted by Gasteiger charge is 2.33. The molecule has 0 bridgehead atoms. The van der Waals surface area contributed by atoms with Gasteiger partial charge in [0.15, 0.2) is 0 Å². The molecule has 1 saturated heterocycles. The van der Waals surface area contributed by atoms with Gasteiger partial charge in [-0.3, -0.25) is 14.7 Å². The van der Waals surface area contributed by atoms with Crippen LogP contribution >= 0.6 is 22.9 Å². The SMILES string of the molecule is COC(=O)CCC/C=C\[C@@H]1C[C@@H](NS(=O)(=O)c2ccc(Cl)cc2)CN1Cc1cncs1. The standard InChI is InChI=1S/C21H26ClN3O4S2/c1-29-21(26)6-4-2-3-5-18-11-17(13-25(18)14-19-12-23-15-30-19)24-31(27,28)20-9-7-16(22)8-10-20/h3,5,7-10,12,15,17-18,24H,2,4,6,11,13-14H2,1H3/b5-3-/t17-,18-/m1/s1. The number of carbonyl (C=O) groups is 1. The van der Waals surface area contributed by atoms with E-state index in [2.05, 4.69) is 31.5 Å². The van der Waals surface area contributed by atoms with Gasteiger partial charge in [-0.2, -0.15) is 0 Å². The third-order valence-corrected chi connectivity index (χ3v) is 7.63. The maximum Gasteiger partial charge on any atom is 0.305 e. The van der Waals surface area contributed by atoms with E-state index in [0.29, 0.717) is 31.0 Å². The first kappa shape index (κ1) is 23.9. The van der Waals surface area contributed by atoms with Crippen molar-refractivity contribution in [3.05, 3.63) is 58.0 Å². The lowest BCUT2D eigenvalue weighted by atomic mass is 10.1. The fourth-order valence-corrected chi connectivity index (χ4v) is 5.53. The lowest BCUT2D eigenvalue weighted by molar-refractivity contribution is -0.140. The molecule has 1 N–H and O–H groups in total. The summed E-state index contributed by atoms with van der Waals surface area (Å²) in [5.74, 6) is -0.210. The van der Waals surface area contributed by atoms with E-state index in [1.807, 2.05) is 6.20 Å². The average Bonchev–Trinajstić information content (AvgIpc) is 3.38. The first-order chi connectivity index (χ1) is 14.9. The number of unbranched alkanes of at least 4 members (excludes halogenated alkanes) is 1. The van der Waals surface area contributed by atoms with Gasteiger partial charge in [0.2, 0.25) is 10.0 Å². The van der Waals surface area contributed by atoms with Crippen LogP contribution in [-0.2, 0) is 26.1 Å². The number of halogens is 1. The Kier molecular flexibility index (Phi) is 8.62. The fraction of sp³-hybridized carbons (Fsp3) is 0.429. The molecule has 3 rings (SSSR count). The first-order valence-electron chi connectivity index (χ1n) is 10.00. The second kappa shape index (κ2) is 11.2. The highest BCUT2D eigenvalue weighted by Crippen LogP contribution is 2.25. The summed E-state index contributed by atoms with van der Waals surface area (Å²) in [6.45, 7) is 1.31. The van der Waals surface area contributed by atoms with Crippen molar-refractivity contribution in [3.8, 4) is 0 Å². The number of thiazole rings is 1. The van der Waals surface area contributed by atoms with Gasteiger partial charge < -0.3 is 4.74 Å². The van der Waals surface area contributed by atoms with E-state index < -0.39 is 10.0 Å². The van der Waals surface area contributed by atoms with E-state index in [1.54, 1.807) is 29.0 Å². The molecule has 0 aliphatic carbocycles.